The molecule has 0 spiro atoms. The third kappa shape index (κ3) is 23.4. The number of unbranched alkanes of at least 4 members (excludes halogenated alkanes) is 16. The number of carbonyl (C=O) groups is 1. The molecule has 0 aromatic carbocycles. The Morgan fingerprint density at radius 1 is 0.679 bits per heavy atom. The summed E-state index contributed by atoms with van der Waals surface area (Å²) in [5.41, 5.74) is 5.38. The van der Waals surface area contributed by atoms with Gasteiger partial charge in [0.25, 0.3) is 0 Å². The molecule has 0 rings (SSSR count). The van der Waals surface area contributed by atoms with E-state index >= 15 is 0 Å². The van der Waals surface area contributed by atoms with Gasteiger partial charge in [0.1, 0.15) is 6.61 Å². The average Bonchev–Trinajstić information content (AvgIpc) is 2.70. The van der Waals surface area contributed by atoms with Gasteiger partial charge in [0.15, 0.2) is 0 Å². The molecule has 0 fully saturated rings. The predicted octanol–water partition coefficient (Wildman–Crippen LogP) is 6.12. The molecule has 0 saturated heterocycles. The fourth-order valence-electron chi connectivity index (χ4n) is 3.53. The van der Waals surface area contributed by atoms with Gasteiger partial charge < -0.3 is 15.8 Å². The Balaban J connectivity index is 3.09. The van der Waals surface area contributed by atoms with Gasteiger partial charge in [-0.3, -0.25) is 4.79 Å². The second-order valence-corrected chi connectivity index (χ2v) is 8.17. The minimum Gasteiger partial charge on any atom is -0.464 e. The van der Waals surface area contributed by atoms with Crippen LogP contribution in [0.2, 0.25) is 0 Å². The molecule has 4 heteroatoms. The van der Waals surface area contributed by atoms with Crippen molar-refractivity contribution in [2.24, 2.45) is 5.73 Å². The summed E-state index contributed by atoms with van der Waals surface area (Å²) in [6.45, 7) is 4.83. The van der Waals surface area contributed by atoms with Crippen LogP contribution < -0.4 is 11.1 Å². The molecule has 0 atom stereocenters. The highest BCUT2D eigenvalue weighted by molar-refractivity contribution is 5.69. The fraction of sp³-hybridized carbons (Fsp3) is 0.958. The second kappa shape index (κ2) is 24.4. The number of carbonyl (C=O) groups excluding carboxylic acids is 1. The molecule has 0 aromatic rings. The first-order valence-corrected chi connectivity index (χ1v) is 12.4. The maximum absolute atomic E-state index is 11.6. The molecule has 4 nitrogen and oxygen atoms in total. The van der Waals surface area contributed by atoms with E-state index in [1.165, 1.54) is 96.3 Å². The fourth-order valence-corrected chi connectivity index (χ4v) is 3.53. The van der Waals surface area contributed by atoms with Crippen molar-refractivity contribution in [1.82, 2.24) is 5.32 Å². The molecule has 0 unspecified atom stereocenters. The van der Waals surface area contributed by atoms with Crippen LogP contribution >= 0.6 is 0 Å². The Morgan fingerprint density at radius 2 is 1.11 bits per heavy atom. The number of rotatable bonds is 23. The Morgan fingerprint density at radius 3 is 1.54 bits per heavy atom. The van der Waals surface area contributed by atoms with Crippen LogP contribution in [0.4, 0.5) is 0 Å². The van der Waals surface area contributed by atoms with Gasteiger partial charge in [-0.15, -0.1) is 0 Å². The molecule has 0 aliphatic rings. The zero-order chi connectivity index (χ0) is 20.5. The van der Waals surface area contributed by atoms with Gasteiger partial charge in [-0.2, -0.15) is 0 Å². The SMILES string of the molecule is CCCCCCCCCCCCCCCCCCCC(=O)OCCNCCN. The summed E-state index contributed by atoms with van der Waals surface area (Å²) >= 11 is 0. The smallest absolute Gasteiger partial charge is 0.305 e. The molecule has 0 radical (unpaired) electrons. The lowest BCUT2D eigenvalue weighted by atomic mass is 10.0. The van der Waals surface area contributed by atoms with E-state index in [2.05, 4.69) is 12.2 Å². The number of hydrogen-bond acceptors (Lipinski definition) is 4. The van der Waals surface area contributed by atoms with Crippen molar-refractivity contribution < 1.29 is 9.53 Å². The normalized spacial score (nSPS) is 11.1. The van der Waals surface area contributed by atoms with Crippen LogP contribution in [0.15, 0.2) is 0 Å². The molecule has 0 saturated carbocycles. The maximum Gasteiger partial charge on any atom is 0.305 e. The van der Waals surface area contributed by atoms with Gasteiger partial charge >= 0.3 is 5.97 Å². The Kier molecular flexibility index (Phi) is 23.9. The minimum absolute atomic E-state index is 0.0597. The van der Waals surface area contributed by atoms with Crippen LogP contribution in [0.25, 0.3) is 0 Å². The lowest BCUT2D eigenvalue weighted by molar-refractivity contribution is -0.143. The monoisotopic (exact) mass is 398 g/mol. The molecule has 3 N–H and O–H groups in total. The Labute approximate surface area is 175 Å². The van der Waals surface area contributed by atoms with E-state index < -0.39 is 0 Å². The zero-order valence-corrected chi connectivity index (χ0v) is 19.0. The summed E-state index contributed by atoms with van der Waals surface area (Å²) in [6, 6.07) is 0. The quantitative estimate of drug-likeness (QED) is 0.161. The van der Waals surface area contributed by atoms with E-state index in [1.807, 2.05) is 0 Å². The van der Waals surface area contributed by atoms with Gasteiger partial charge in [-0.1, -0.05) is 110 Å². The summed E-state index contributed by atoms with van der Waals surface area (Å²) in [5, 5.41) is 3.11. The van der Waals surface area contributed by atoms with Crippen LogP contribution in [0.1, 0.15) is 122 Å². The number of ether oxygens (including phenoxy) is 1. The van der Waals surface area contributed by atoms with Crippen LogP contribution in [0.5, 0.6) is 0 Å². The molecule has 0 aliphatic heterocycles. The summed E-state index contributed by atoms with van der Waals surface area (Å²) in [6.07, 6.45) is 23.7. The van der Waals surface area contributed by atoms with Crippen molar-refractivity contribution in [2.75, 3.05) is 26.2 Å². The summed E-state index contributed by atoms with van der Waals surface area (Å²) in [4.78, 5) is 11.6. The van der Waals surface area contributed by atoms with Crippen molar-refractivity contribution in [2.45, 2.75) is 122 Å². The highest BCUT2D eigenvalue weighted by atomic mass is 16.5. The first-order valence-electron chi connectivity index (χ1n) is 12.4. The molecule has 0 aliphatic carbocycles. The Hall–Kier alpha value is -0.610. The van der Waals surface area contributed by atoms with E-state index in [1.54, 1.807) is 0 Å². The molecule has 0 aromatic heterocycles. The van der Waals surface area contributed by atoms with E-state index in [-0.39, 0.29) is 5.97 Å². The van der Waals surface area contributed by atoms with Gasteiger partial charge in [-0.25, -0.2) is 0 Å². The standard InChI is InChI=1S/C24H50N2O2/c1-2-3-4-5-6-7-8-9-10-11-12-13-14-15-16-17-18-19-24(27)28-23-22-26-21-20-25/h26H,2-23,25H2,1H3. The number of nitrogens with two attached hydrogens (primary N) is 1. The lowest BCUT2D eigenvalue weighted by Gasteiger charge is -2.06. The van der Waals surface area contributed by atoms with Crippen molar-refractivity contribution >= 4 is 5.97 Å². The molecule has 0 amide bonds. The van der Waals surface area contributed by atoms with Crippen LogP contribution in [-0.2, 0) is 9.53 Å². The highest BCUT2D eigenvalue weighted by Gasteiger charge is 2.02. The molecule has 28 heavy (non-hydrogen) atoms. The topological polar surface area (TPSA) is 64.3 Å². The maximum atomic E-state index is 11.6. The highest BCUT2D eigenvalue weighted by Crippen LogP contribution is 2.14. The zero-order valence-electron chi connectivity index (χ0n) is 19.0. The molecule has 0 bridgehead atoms. The summed E-state index contributed by atoms with van der Waals surface area (Å²) in [7, 11) is 0. The summed E-state index contributed by atoms with van der Waals surface area (Å²) < 4.78 is 5.18. The van der Waals surface area contributed by atoms with Crippen LogP contribution in [-0.4, -0.2) is 32.2 Å². The van der Waals surface area contributed by atoms with Crippen molar-refractivity contribution in [1.29, 1.82) is 0 Å². The minimum atomic E-state index is -0.0597. The largest absolute Gasteiger partial charge is 0.464 e. The van der Waals surface area contributed by atoms with Crippen LogP contribution in [0.3, 0.4) is 0 Å². The van der Waals surface area contributed by atoms with E-state index in [0.29, 0.717) is 26.1 Å². The first-order chi connectivity index (χ1) is 13.8. The van der Waals surface area contributed by atoms with E-state index in [9.17, 15) is 4.79 Å². The summed E-state index contributed by atoms with van der Waals surface area (Å²) in [5.74, 6) is -0.0597. The van der Waals surface area contributed by atoms with Crippen molar-refractivity contribution in [3.8, 4) is 0 Å². The second-order valence-electron chi connectivity index (χ2n) is 8.17. The van der Waals surface area contributed by atoms with Crippen molar-refractivity contribution in [3.63, 3.8) is 0 Å². The molecule has 0 heterocycles. The number of esters is 1. The van der Waals surface area contributed by atoms with Gasteiger partial charge in [0.2, 0.25) is 0 Å². The molecule has 168 valence electrons. The average molecular weight is 399 g/mol. The number of hydrogen-bond donors (Lipinski definition) is 2. The lowest BCUT2D eigenvalue weighted by Crippen LogP contribution is -2.26. The molecular weight excluding hydrogens is 348 g/mol. The third-order valence-corrected chi connectivity index (χ3v) is 5.35. The molecular formula is C24H50N2O2. The van der Waals surface area contributed by atoms with Crippen molar-refractivity contribution in [3.05, 3.63) is 0 Å². The third-order valence-electron chi connectivity index (χ3n) is 5.35. The van der Waals surface area contributed by atoms with Crippen LogP contribution in [0, 0.1) is 0 Å². The van der Waals surface area contributed by atoms with E-state index in [4.69, 9.17) is 10.5 Å². The van der Waals surface area contributed by atoms with Gasteiger partial charge in [0, 0.05) is 26.1 Å². The van der Waals surface area contributed by atoms with Gasteiger partial charge in [0.05, 0.1) is 0 Å². The Bertz CT molecular complexity index is 311. The van der Waals surface area contributed by atoms with E-state index in [0.717, 1.165) is 19.4 Å². The number of nitrogens with one attached hydrogen (secondary N) is 1. The predicted molar refractivity (Wildman–Crippen MR) is 122 cm³/mol. The first kappa shape index (κ1) is 27.4. The van der Waals surface area contributed by atoms with Gasteiger partial charge in [-0.05, 0) is 6.42 Å².